The average Bonchev–Trinajstić information content (AvgIpc) is 3.35. The molecule has 0 spiro atoms. The molecule has 2 aliphatic rings. The van der Waals surface area contributed by atoms with Gasteiger partial charge in [0.1, 0.15) is 6.10 Å². The van der Waals surface area contributed by atoms with Crippen molar-refractivity contribution in [1.82, 2.24) is 4.90 Å². The molecule has 1 saturated heterocycles. The summed E-state index contributed by atoms with van der Waals surface area (Å²) in [6.45, 7) is 6.25. The quantitative estimate of drug-likeness (QED) is 0.645. The second-order valence-electron chi connectivity index (χ2n) is 8.60. The number of esters is 1. The predicted octanol–water partition coefficient (Wildman–Crippen LogP) is 4.14. The van der Waals surface area contributed by atoms with Gasteiger partial charge in [-0.2, -0.15) is 0 Å². The summed E-state index contributed by atoms with van der Waals surface area (Å²) in [6, 6.07) is 5.93. The summed E-state index contributed by atoms with van der Waals surface area (Å²) < 4.78 is 22.3. The zero-order valence-corrected chi connectivity index (χ0v) is 18.6. The lowest BCUT2D eigenvalue weighted by atomic mass is 9.72. The number of rotatable bonds is 6. The number of nitrogens with zero attached hydrogens (tertiary/aromatic N) is 1. The zero-order chi connectivity index (χ0) is 21.9. The Labute approximate surface area is 178 Å². The smallest absolute Gasteiger partial charge is 0.409 e. The van der Waals surface area contributed by atoms with Crippen LogP contribution in [0.1, 0.15) is 57.9 Å². The lowest BCUT2D eigenvalue weighted by molar-refractivity contribution is -0.151. The molecule has 0 radical (unpaired) electrons. The molecule has 1 aliphatic carbocycles. The fourth-order valence-corrected chi connectivity index (χ4v) is 4.75. The SMILES string of the molecule is COC(=O)N1C[C@@H](c2ccc(OC)c(OC3CCCC3)c2)[C@](C)([C@@H](C)OC(C)=O)C1. The van der Waals surface area contributed by atoms with Gasteiger partial charge in [-0.3, -0.25) is 4.79 Å². The Balaban J connectivity index is 1.94. The van der Waals surface area contributed by atoms with Crippen molar-refractivity contribution in [3.8, 4) is 11.5 Å². The Bertz CT molecular complexity index is 775. The summed E-state index contributed by atoms with van der Waals surface area (Å²) in [5, 5.41) is 0. The molecule has 3 rings (SSSR count). The summed E-state index contributed by atoms with van der Waals surface area (Å²) in [5.41, 5.74) is 0.552. The summed E-state index contributed by atoms with van der Waals surface area (Å²) in [4.78, 5) is 25.6. The van der Waals surface area contributed by atoms with Gasteiger partial charge in [0.05, 0.1) is 20.3 Å². The van der Waals surface area contributed by atoms with Crippen molar-refractivity contribution in [1.29, 1.82) is 0 Å². The van der Waals surface area contributed by atoms with Crippen LogP contribution in [0.5, 0.6) is 11.5 Å². The minimum Gasteiger partial charge on any atom is -0.493 e. The van der Waals surface area contributed by atoms with E-state index in [1.54, 1.807) is 12.0 Å². The molecule has 30 heavy (non-hydrogen) atoms. The Hall–Kier alpha value is -2.44. The molecule has 0 aromatic heterocycles. The van der Waals surface area contributed by atoms with Gasteiger partial charge >= 0.3 is 12.1 Å². The van der Waals surface area contributed by atoms with Crippen LogP contribution in [-0.2, 0) is 14.3 Å². The average molecular weight is 420 g/mol. The summed E-state index contributed by atoms with van der Waals surface area (Å²) in [7, 11) is 3.02. The number of hydrogen-bond donors (Lipinski definition) is 0. The van der Waals surface area contributed by atoms with Crippen LogP contribution < -0.4 is 9.47 Å². The molecule has 7 nitrogen and oxygen atoms in total. The number of benzene rings is 1. The van der Waals surface area contributed by atoms with Crippen LogP contribution in [0.4, 0.5) is 4.79 Å². The maximum atomic E-state index is 12.3. The van der Waals surface area contributed by atoms with E-state index in [-0.39, 0.29) is 30.2 Å². The topological polar surface area (TPSA) is 74.3 Å². The molecule has 166 valence electrons. The Morgan fingerprint density at radius 2 is 1.87 bits per heavy atom. The van der Waals surface area contributed by atoms with Crippen molar-refractivity contribution >= 4 is 12.1 Å². The van der Waals surface area contributed by atoms with E-state index >= 15 is 0 Å². The van der Waals surface area contributed by atoms with Crippen molar-refractivity contribution < 1.29 is 28.5 Å². The van der Waals surface area contributed by atoms with Crippen molar-refractivity contribution in [2.45, 2.75) is 64.6 Å². The lowest BCUT2D eigenvalue weighted by Crippen LogP contribution is -2.40. The van der Waals surface area contributed by atoms with E-state index in [0.29, 0.717) is 18.8 Å². The van der Waals surface area contributed by atoms with Crippen LogP contribution in [0.25, 0.3) is 0 Å². The van der Waals surface area contributed by atoms with Crippen molar-refractivity contribution in [3.63, 3.8) is 0 Å². The molecule has 2 fully saturated rings. The normalized spacial score (nSPS) is 25.1. The van der Waals surface area contributed by atoms with Gasteiger partial charge in [-0.05, 0) is 50.3 Å². The first kappa shape index (κ1) is 22.2. The van der Waals surface area contributed by atoms with Crippen LogP contribution in [0, 0.1) is 5.41 Å². The van der Waals surface area contributed by atoms with Gasteiger partial charge < -0.3 is 23.8 Å². The third-order valence-corrected chi connectivity index (χ3v) is 6.62. The minimum absolute atomic E-state index is 0.0530. The van der Waals surface area contributed by atoms with Gasteiger partial charge in [-0.1, -0.05) is 13.0 Å². The Morgan fingerprint density at radius 3 is 2.47 bits per heavy atom. The number of amides is 1. The third-order valence-electron chi connectivity index (χ3n) is 6.62. The molecule has 1 amide bonds. The molecule has 3 atom stereocenters. The van der Waals surface area contributed by atoms with Crippen LogP contribution in [0.2, 0.25) is 0 Å². The number of carbonyl (C=O) groups excluding carboxylic acids is 2. The van der Waals surface area contributed by atoms with Crippen molar-refractivity contribution in [3.05, 3.63) is 23.8 Å². The molecule has 1 heterocycles. The van der Waals surface area contributed by atoms with Gasteiger partial charge in [0, 0.05) is 31.3 Å². The number of hydrogen-bond acceptors (Lipinski definition) is 6. The minimum atomic E-state index is -0.473. The van der Waals surface area contributed by atoms with E-state index in [4.69, 9.17) is 18.9 Å². The fourth-order valence-electron chi connectivity index (χ4n) is 4.75. The van der Waals surface area contributed by atoms with Crippen LogP contribution in [0.15, 0.2) is 18.2 Å². The molecular formula is C23H33NO6. The molecule has 0 unspecified atom stereocenters. The first-order valence-corrected chi connectivity index (χ1v) is 10.6. The Kier molecular flexibility index (Phi) is 6.78. The van der Waals surface area contributed by atoms with Gasteiger partial charge in [-0.25, -0.2) is 4.79 Å². The van der Waals surface area contributed by atoms with E-state index in [0.717, 1.165) is 24.2 Å². The molecule has 1 aromatic rings. The largest absolute Gasteiger partial charge is 0.493 e. The van der Waals surface area contributed by atoms with Crippen LogP contribution >= 0.6 is 0 Å². The third kappa shape index (κ3) is 4.50. The maximum absolute atomic E-state index is 12.3. The van der Waals surface area contributed by atoms with E-state index < -0.39 is 5.41 Å². The monoisotopic (exact) mass is 419 g/mol. The number of likely N-dealkylation sites (tertiary alicyclic amines) is 1. The molecule has 7 heteroatoms. The predicted molar refractivity (Wildman–Crippen MR) is 112 cm³/mol. The van der Waals surface area contributed by atoms with Crippen molar-refractivity contribution in [2.75, 3.05) is 27.3 Å². The fraction of sp³-hybridized carbons (Fsp3) is 0.652. The highest BCUT2D eigenvalue weighted by Gasteiger charge is 2.50. The molecule has 0 bridgehead atoms. The summed E-state index contributed by atoms with van der Waals surface area (Å²) in [5.74, 6) is 1.03. The molecule has 0 N–H and O–H groups in total. The zero-order valence-electron chi connectivity index (χ0n) is 18.6. The van der Waals surface area contributed by atoms with Crippen LogP contribution in [0.3, 0.4) is 0 Å². The molecule has 1 aliphatic heterocycles. The highest BCUT2D eigenvalue weighted by Crippen LogP contribution is 2.48. The van der Waals surface area contributed by atoms with E-state index in [2.05, 4.69) is 6.92 Å². The maximum Gasteiger partial charge on any atom is 0.409 e. The number of methoxy groups -OCH3 is 2. The molecule has 1 saturated carbocycles. The number of ether oxygens (including phenoxy) is 4. The van der Waals surface area contributed by atoms with Crippen LogP contribution in [-0.4, -0.2) is 56.5 Å². The molecular weight excluding hydrogens is 386 g/mol. The van der Waals surface area contributed by atoms with Gasteiger partial charge in [-0.15, -0.1) is 0 Å². The van der Waals surface area contributed by atoms with Crippen molar-refractivity contribution in [2.24, 2.45) is 5.41 Å². The number of carbonyl (C=O) groups is 2. The van der Waals surface area contributed by atoms with Gasteiger partial charge in [0.2, 0.25) is 0 Å². The Morgan fingerprint density at radius 1 is 1.17 bits per heavy atom. The second kappa shape index (κ2) is 9.14. The second-order valence-corrected chi connectivity index (χ2v) is 8.60. The highest BCUT2D eigenvalue weighted by atomic mass is 16.5. The first-order chi connectivity index (χ1) is 14.3. The summed E-state index contributed by atoms with van der Waals surface area (Å²) in [6.07, 6.45) is 3.91. The lowest BCUT2D eigenvalue weighted by Gasteiger charge is -2.36. The highest BCUT2D eigenvalue weighted by molar-refractivity contribution is 5.69. The van der Waals surface area contributed by atoms with Gasteiger partial charge in [0.25, 0.3) is 0 Å². The van der Waals surface area contributed by atoms with E-state index in [1.807, 2.05) is 25.1 Å². The standard InChI is InChI=1S/C23H33NO6/c1-15(29-16(2)25)23(3)14-24(22(26)28-5)13-19(23)17-10-11-20(27-4)21(12-17)30-18-8-6-7-9-18/h10-12,15,18-19H,6-9,13-14H2,1-5H3/t15-,19+,23+/m1/s1. The first-order valence-electron chi connectivity index (χ1n) is 10.6. The summed E-state index contributed by atoms with van der Waals surface area (Å²) >= 11 is 0. The molecule has 1 aromatic carbocycles. The van der Waals surface area contributed by atoms with Gasteiger partial charge in [0.15, 0.2) is 11.5 Å². The van der Waals surface area contributed by atoms with E-state index in [1.165, 1.54) is 26.9 Å². The van der Waals surface area contributed by atoms with E-state index in [9.17, 15) is 9.59 Å².